The molecule has 8 nitrogen and oxygen atoms in total. The average Bonchev–Trinajstić information content (AvgIpc) is 3.51. The number of rotatable bonds is 4. The molecule has 0 amide bonds. The Kier molecular flexibility index (Phi) is 5.02. The van der Waals surface area contributed by atoms with Crippen molar-refractivity contribution in [3.05, 3.63) is 64.9 Å². The number of nitrogens with zero attached hydrogens (tertiary/aromatic N) is 4. The second-order valence-corrected chi connectivity index (χ2v) is 8.93. The SMILES string of the molecule is Cc1nc(N2CCN(Cc3ccc4c(c3)OCO4)CC2)nc2c1C(=O)C[C@H](c1ccco1)C2. The van der Waals surface area contributed by atoms with Crippen LogP contribution in [0.25, 0.3) is 0 Å². The van der Waals surface area contributed by atoms with Crippen LogP contribution < -0.4 is 14.4 Å². The summed E-state index contributed by atoms with van der Waals surface area (Å²) in [5, 5.41) is 0. The van der Waals surface area contributed by atoms with Gasteiger partial charge < -0.3 is 18.8 Å². The number of Topliss-reactive ketones (excluding diaryl/α,β-unsaturated/α-hetero) is 1. The zero-order valence-corrected chi connectivity index (χ0v) is 18.6. The third-order valence-electron chi connectivity index (χ3n) is 6.75. The highest BCUT2D eigenvalue weighted by atomic mass is 16.7. The van der Waals surface area contributed by atoms with Crippen molar-refractivity contribution in [1.29, 1.82) is 0 Å². The first-order valence-corrected chi connectivity index (χ1v) is 11.4. The quantitative estimate of drug-likeness (QED) is 0.604. The first kappa shape index (κ1) is 20.2. The van der Waals surface area contributed by atoms with Gasteiger partial charge in [-0.25, -0.2) is 9.97 Å². The zero-order valence-electron chi connectivity index (χ0n) is 18.6. The van der Waals surface area contributed by atoms with Crippen LogP contribution in [0.2, 0.25) is 0 Å². The van der Waals surface area contributed by atoms with Crippen molar-refractivity contribution < 1.29 is 18.7 Å². The summed E-state index contributed by atoms with van der Waals surface area (Å²) < 4.78 is 16.5. The number of ether oxygens (including phenoxy) is 2. The molecule has 0 bridgehead atoms. The largest absolute Gasteiger partial charge is 0.469 e. The monoisotopic (exact) mass is 446 g/mol. The number of anilines is 1. The topological polar surface area (TPSA) is 80.9 Å². The predicted molar refractivity (Wildman–Crippen MR) is 121 cm³/mol. The van der Waals surface area contributed by atoms with E-state index < -0.39 is 0 Å². The number of ketones is 1. The van der Waals surface area contributed by atoms with Gasteiger partial charge in [0.1, 0.15) is 5.76 Å². The lowest BCUT2D eigenvalue weighted by Crippen LogP contribution is -2.46. The summed E-state index contributed by atoms with van der Waals surface area (Å²) in [6.07, 6.45) is 2.81. The number of benzene rings is 1. The lowest BCUT2D eigenvalue weighted by Gasteiger charge is -2.35. The third-order valence-corrected chi connectivity index (χ3v) is 6.75. The fourth-order valence-electron chi connectivity index (χ4n) is 5.03. The molecule has 0 spiro atoms. The minimum atomic E-state index is 0.0423. The Morgan fingerprint density at radius 3 is 2.70 bits per heavy atom. The van der Waals surface area contributed by atoms with Crippen molar-refractivity contribution in [2.24, 2.45) is 0 Å². The number of fused-ring (bicyclic) bond motifs is 2. The van der Waals surface area contributed by atoms with E-state index in [9.17, 15) is 4.79 Å². The molecule has 4 heterocycles. The van der Waals surface area contributed by atoms with Crippen molar-refractivity contribution >= 4 is 11.7 Å². The smallest absolute Gasteiger partial charge is 0.231 e. The molecule has 1 fully saturated rings. The van der Waals surface area contributed by atoms with E-state index in [0.717, 1.165) is 67.3 Å². The fourth-order valence-corrected chi connectivity index (χ4v) is 5.03. The molecule has 1 saturated heterocycles. The summed E-state index contributed by atoms with van der Waals surface area (Å²) in [4.78, 5) is 27.1. The number of hydrogen-bond donors (Lipinski definition) is 0. The van der Waals surface area contributed by atoms with Gasteiger partial charge in [0.25, 0.3) is 0 Å². The molecule has 1 aliphatic carbocycles. The van der Waals surface area contributed by atoms with Crippen LogP contribution in [0.5, 0.6) is 11.5 Å². The molecule has 0 saturated carbocycles. The maximum atomic E-state index is 12.8. The van der Waals surface area contributed by atoms with E-state index in [1.165, 1.54) is 5.56 Å². The number of aryl methyl sites for hydroxylation is 1. The highest BCUT2D eigenvalue weighted by Crippen LogP contribution is 2.35. The molecule has 0 unspecified atom stereocenters. The van der Waals surface area contributed by atoms with E-state index in [2.05, 4.69) is 21.9 Å². The van der Waals surface area contributed by atoms with Crippen LogP contribution in [0.15, 0.2) is 41.0 Å². The normalized spacial score (nSPS) is 20.2. The minimum Gasteiger partial charge on any atom is -0.469 e. The fraction of sp³-hybridized carbons (Fsp3) is 0.400. The molecule has 1 aromatic carbocycles. The lowest BCUT2D eigenvalue weighted by molar-refractivity contribution is 0.0957. The van der Waals surface area contributed by atoms with E-state index in [-0.39, 0.29) is 11.7 Å². The minimum absolute atomic E-state index is 0.0423. The van der Waals surface area contributed by atoms with Crippen molar-refractivity contribution in [1.82, 2.24) is 14.9 Å². The van der Waals surface area contributed by atoms with Gasteiger partial charge in [-0.2, -0.15) is 0 Å². The number of carbonyl (C=O) groups excluding carboxylic acids is 1. The summed E-state index contributed by atoms with van der Waals surface area (Å²) >= 11 is 0. The lowest BCUT2D eigenvalue weighted by atomic mass is 9.84. The number of aromatic nitrogens is 2. The van der Waals surface area contributed by atoms with E-state index in [4.69, 9.17) is 23.9 Å². The molecule has 0 radical (unpaired) electrons. The van der Waals surface area contributed by atoms with Gasteiger partial charge >= 0.3 is 0 Å². The Bertz CT molecular complexity index is 1190. The predicted octanol–water partition coefficient (Wildman–Crippen LogP) is 3.34. The van der Waals surface area contributed by atoms with Gasteiger partial charge in [-0.05, 0) is 36.8 Å². The van der Waals surface area contributed by atoms with Crippen LogP contribution in [-0.4, -0.2) is 53.6 Å². The van der Waals surface area contributed by atoms with Crippen LogP contribution in [0.3, 0.4) is 0 Å². The molecule has 0 N–H and O–H groups in total. The molecule has 3 aliphatic rings. The Balaban J connectivity index is 1.15. The van der Waals surface area contributed by atoms with Crippen molar-refractivity contribution in [2.45, 2.75) is 32.2 Å². The standard InChI is InChI=1S/C25H26N4O4/c1-16-24-19(12-18(13-20(24)30)21-3-2-10-31-21)27-25(26-16)29-8-6-28(7-9-29)14-17-4-5-22-23(11-17)33-15-32-22/h2-5,10-11,18H,6-9,12-15H2,1H3/t18-/m1/s1. The van der Waals surface area contributed by atoms with Crippen LogP contribution >= 0.6 is 0 Å². The molecule has 8 heteroatoms. The first-order valence-electron chi connectivity index (χ1n) is 11.4. The maximum Gasteiger partial charge on any atom is 0.231 e. The maximum absolute atomic E-state index is 12.8. The van der Waals surface area contributed by atoms with Crippen LogP contribution in [-0.2, 0) is 13.0 Å². The molecular weight excluding hydrogens is 420 g/mol. The second-order valence-electron chi connectivity index (χ2n) is 8.93. The molecule has 170 valence electrons. The molecule has 1 atom stereocenters. The summed E-state index contributed by atoms with van der Waals surface area (Å²) in [6, 6.07) is 9.96. The van der Waals surface area contributed by atoms with Crippen LogP contribution in [0, 0.1) is 6.92 Å². The van der Waals surface area contributed by atoms with Crippen molar-refractivity contribution in [2.75, 3.05) is 37.9 Å². The Labute approximate surface area is 192 Å². The van der Waals surface area contributed by atoms with Crippen molar-refractivity contribution in [3.63, 3.8) is 0 Å². The van der Waals surface area contributed by atoms with Gasteiger partial charge in [0.2, 0.25) is 12.7 Å². The van der Waals surface area contributed by atoms with Gasteiger partial charge in [0.15, 0.2) is 17.3 Å². The van der Waals surface area contributed by atoms with Gasteiger partial charge in [-0.15, -0.1) is 0 Å². The van der Waals surface area contributed by atoms with E-state index in [1.807, 2.05) is 25.1 Å². The van der Waals surface area contributed by atoms with Crippen LogP contribution in [0.4, 0.5) is 5.95 Å². The molecular formula is C25H26N4O4. The van der Waals surface area contributed by atoms with Gasteiger partial charge in [0, 0.05) is 51.5 Å². The number of piperazine rings is 1. The zero-order chi connectivity index (χ0) is 22.4. The third kappa shape index (κ3) is 3.84. The second kappa shape index (κ2) is 8.19. The number of carbonyl (C=O) groups is 1. The average molecular weight is 447 g/mol. The Morgan fingerprint density at radius 2 is 1.88 bits per heavy atom. The van der Waals surface area contributed by atoms with Crippen molar-refractivity contribution in [3.8, 4) is 11.5 Å². The van der Waals surface area contributed by atoms with E-state index in [0.29, 0.717) is 25.2 Å². The summed E-state index contributed by atoms with van der Waals surface area (Å²) in [5.74, 6) is 3.37. The number of hydrogen-bond acceptors (Lipinski definition) is 8. The summed E-state index contributed by atoms with van der Waals surface area (Å²) in [7, 11) is 0. The molecule has 2 aromatic heterocycles. The molecule has 6 rings (SSSR count). The molecule has 2 aliphatic heterocycles. The number of furan rings is 1. The van der Waals surface area contributed by atoms with E-state index >= 15 is 0 Å². The van der Waals surface area contributed by atoms with Crippen LogP contribution in [0.1, 0.15) is 45.4 Å². The van der Waals surface area contributed by atoms with Gasteiger partial charge in [-0.3, -0.25) is 9.69 Å². The van der Waals surface area contributed by atoms with Gasteiger partial charge in [-0.1, -0.05) is 6.07 Å². The summed E-state index contributed by atoms with van der Waals surface area (Å²) in [6.45, 7) is 6.62. The molecule has 33 heavy (non-hydrogen) atoms. The van der Waals surface area contributed by atoms with Gasteiger partial charge in [0.05, 0.1) is 23.2 Å². The molecule has 3 aromatic rings. The highest BCUT2D eigenvalue weighted by molar-refractivity contribution is 5.99. The Morgan fingerprint density at radius 1 is 1.03 bits per heavy atom. The highest BCUT2D eigenvalue weighted by Gasteiger charge is 2.32. The van der Waals surface area contributed by atoms with E-state index in [1.54, 1.807) is 6.26 Å². The summed E-state index contributed by atoms with van der Waals surface area (Å²) in [5.41, 5.74) is 3.54. The first-order chi connectivity index (χ1) is 16.1. The Hall–Kier alpha value is -3.39.